The van der Waals surface area contributed by atoms with E-state index in [9.17, 15) is 14.9 Å². The molecule has 2 aromatic rings. The standard InChI is InChI=1S/C19H21N3O5/c1-26-17-10-13(9-16(22(24)25)18(17)27-2)19(23)21-11-15-14-6-4-3-5-12(14)7-8-20-15/h3-6,9-10,15,20H,7-8,11H2,1-2H3,(H,21,23). The summed E-state index contributed by atoms with van der Waals surface area (Å²) in [6, 6.07) is 10.7. The first kappa shape index (κ1) is 18.7. The van der Waals surface area contributed by atoms with Gasteiger partial charge in [0.15, 0.2) is 5.75 Å². The molecule has 1 atom stereocenters. The Kier molecular flexibility index (Phi) is 5.56. The van der Waals surface area contributed by atoms with Gasteiger partial charge in [0.1, 0.15) is 0 Å². The molecule has 0 aromatic heterocycles. The lowest BCUT2D eigenvalue weighted by atomic mass is 9.94. The third kappa shape index (κ3) is 3.85. The molecule has 1 heterocycles. The molecule has 0 saturated carbocycles. The molecule has 0 aliphatic carbocycles. The zero-order valence-corrected chi connectivity index (χ0v) is 15.2. The van der Waals surface area contributed by atoms with E-state index in [0.29, 0.717) is 6.54 Å². The zero-order chi connectivity index (χ0) is 19.4. The van der Waals surface area contributed by atoms with Crippen molar-refractivity contribution in [3.63, 3.8) is 0 Å². The van der Waals surface area contributed by atoms with Crippen molar-refractivity contribution in [2.24, 2.45) is 0 Å². The summed E-state index contributed by atoms with van der Waals surface area (Å²) < 4.78 is 10.2. The summed E-state index contributed by atoms with van der Waals surface area (Å²) in [6.07, 6.45) is 0.947. The predicted octanol–water partition coefficient (Wildman–Crippen LogP) is 2.23. The number of nitro benzene ring substituents is 1. The summed E-state index contributed by atoms with van der Waals surface area (Å²) in [5, 5.41) is 17.5. The molecule has 1 amide bonds. The number of nitro groups is 1. The molecule has 2 N–H and O–H groups in total. The fourth-order valence-corrected chi connectivity index (χ4v) is 3.28. The van der Waals surface area contributed by atoms with Gasteiger partial charge in [-0.2, -0.15) is 0 Å². The Balaban J connectivity index is 1.79. The highest BCUT2D eigenvalue weighted by atomic mass is 16.6. The maximum absolute atomic E-state index is 12.6. The van der Waals surface area contributed by atoms with Gasteiger partial charge < -0.3 is 20.1 Å². The van der Waals surface area contributed by atoms with Crippen LogP contribution in [0.2, 0.25) is 0 Å². The average Bonchev–Trinajstić information content (AvgIpc) is 2.70. The van der Waals surface area contributed by atoms with Gasteiger partial charge in [0.05, 0.1) is 24.7 Å². The third-order valence-electron chi connectivity index (χ3n) is 4.60. The van der Waals surface area contributed by atoms with Gasteiger partial charge >= 0.3 is 5.69 Å². The Morgan fingerprint density at radius 2 is 2.07 bits per heavy atom. The summed E-state index contributed by atoms with van der Waals surface area (Å²) in [6.45, 7) is 1.21. The van der Waals surface area contributed by atoms with Crippen molar-refractivity contribution in [2.75, 3.05) is 27.3 Å². The molecule has 27 heavy (non-hydrogen) atoms. The number of carbonyl (C=O) groups is 1. The van der Waals surface area contributed by atoms with Gasteiger partial charge in [0.25, 0.3) is 5.91 Å². The number of rotatable bonds is 6. The number of methoxy groups -OCH3 is 2. The fourth-order valence-electron chi connectivity index (χ4n) is 3.28. The molecule has 0 bridgehead atoms. The van der Waals surface area contributed by atoms with Gasteiger partial charge in [-0.25, -0.2) is 0 Å². The lowest BCUT2D eigenvalue weighted by Crippen LogP contribution is -2.38. The minimum absolute atomic E-state index is 0.00553. The van der Waals surface area contributed by atoms with Crippen molar-refractivity contribution in [3.05, 3.63) is 63.2 Å². The molecule has 0 saturated heterocycles. The minimum atomic E-state index is -0.600. The number of amides is 1. The van der Waals surface area contributed by atoms with E-state index >= 15 is 0 Å². The lowest BCUT2D eigenvalue weighted by Gasteiger charge is -2.27. The van der Waals surface area contributed by atoms with Gasteiger partial charge in [0, 0.05) is 18.7 Å². The number of fused-ring (bicyclic) bond motifs is 1. The molecule has 8 nitrogen and oxygen atoms in total. The Hall–Kier alpha value is -3.13. The highest BCUT2D eigenvalue weighted by Crippen LogP contribution is 2.38. The summed E-state index contributed by atoms with van der Waals surface area (Å²) in [7, 11) is 2.68. The summed E-state index contributed by atoms with van der Waals surface area (Å²) in [5.41, 5.74) is 2.24. The Labute approximate surface area is 156 Å². The van der Waals surface area contributed by atoms with E-state index in [0.717, 1.165) is 18.5 Å². The van der Waals surface area contributed by atoms with Gasteiger partial charge in [-0.3, -0.25) is 14.9 Å². The van der Waals surface area contributed by atoms with E-state index in [2.05, 4.69) is 16.7 Å². The molecule has 3 rings (SSSR count). The van der Waals surface area contributed by atoms with Crippen molar-refractivity contribution in [2.45, 2.75) is 12.5 Å². The predicted molar refractivity (Wildman–Crippen MR) is 99.4 cm³/mol. The number of hydrogen-bond donors (Lipinski definition) is 2. The topological polar surface area (TPSA) is 103 Å². The number of carbonyl (C=O) groups excluding carboxylic acids is 1. The molecule has 1 aliphatic heterocycles. The van der Waals surface area contributed by atoms with Crippen molar-refractivity contribution in [1.29, 1.82) is 0 Å². The molecular weight excluding hydrogens is 350 g/mol. The first-order chi connectivity index (χ1) is 13.0. The second-order valence-electron chi connectivity index (χ2n) is 6.15. The third-order valence-corrected chi connectivity index (χ3v) is 4.60. The van der Waals surface area contributed by atoms with Crippen LogP contribution in [-0.2, 0) is 6.42 Å². The maximum Gasteiger partial charge on any atom is 0.315 e. The van der Waals surface area contributed by atoms with Crippen LogP contribution in [0, 0.1) is 10.1 Å². The highest BCUT2D eigenvalue weighted by Gasteiger charge is 2.25. The number of nitrogens with one attached hydrogen (secondary N) is 2. The Morgan fingerprint density at radius 3 is 2.78 bits per heavy atom. The van der Waals surface area contributed by atoms with Gasteiger partial charge in [-0.15, -0.1) is 0 Å². The molecule has 1 aliphatic rings. The minimum Gasteiger partial charge on any atom is -0.493 e. The molecule has 0 radical (unpaired) electrons. The van der Waals surface area contributed by atoms with Crippen LogP contribution in [0.1, 0.15) is 27.5 Å². The molecule has 8 heteroatoms. The zero-order valence-electron chi connectivity index (χ0n) is 15.2. The fraction of sp³-hybridized carbons (Fsp3) is 0.316. The van der Waals surface area contributed by atoms with Crippen LogP contribution in [0.25, 0.3) is 0 Å². The summed E-state index contributed by atoms with van der Waals surface area (Å²) in [5.74, 6) is -0.288. The number of hydrogen-bond acceptors (Lipinski definition) is 6. The molecule has 2 aromatic carbocycles. The van der Waals surface area contributed by atoms with E-state index in [1.807, 2.05) is 18.2 Å². The number of benzene rings is 2. The second-order valence-corrected chi connectivity index (χ2v) is 6.15. The molecule has 0 fully saturated rings. The van der Waals surface area contributed by atoms with Crippen LogP contribution < -0.4 is 20.1 Å². The SMILES string of the molecule is COc1cc(C(=O)NCC2NCCc3ccccc32)cc([N+](=O)[O-])c1OC. The average molecular weight is 371 g/mol. The molecule has 0 spiro atoms. The second kappa shape index (κ2) is 8.05. The Bertz CT molecular complexity index is 868. The first-order valence-electron chi connectivity index (χ1n) is 8.55. The first-order valence-corrected chi connectivity index (χ1v) is 8.55. The Morgan fingerprint density at radius 1 is 1.30 bits per heavy atom. The van der Waals surface area contributed by atoms with E-state index in [1.54, 1.807) is 0 Å². The number of ether oxygens (including phenoxy) is 2. The van der Waals surface area contributed by atoms with E-state index < -0.39 is 10.8 Å². The summed E-state index contributed by atoms with van der Waals surface area (Å²) >= 11 is 0. The van der Waals surface area contributed by atoms with Crippen molar-refractivity contribution < 1.29 is 19.2 Å². The van der Waals surface area contributed by atoms with Crippen LogP contribution in [0.4, 0.5) is 5.69 Å². The van der Waals surface area contributed by atoms with Crippen molar-refractivity contribution in [1.82, 2.24) is 10.6 Å². The van der Waals surface area contributed by atoms with Gasteiger partial charge in [-0.1, -0.05) is 24.3 Å². The van der Waals surface area contributed by atoms with Crippen LogP contribution in [0.3, 0.4) is 0 Å². The van der Waals surface area contributed by atoms with Crippen LogP contribution in [0.15, 0.2) is 36.4 Å². The van der Waals surface area contributed by atoms with Crippen molar-refractivity contribution >= 4 is 11.6 Å². The van der Waals surface area contributed by atoms with E-state index in [-0.39, 0.29) is 28.8 Å². The smallest absolute Gasteiger partial charge is 0.315 e. The largest absolute Gasteiger partial charge is 0.493 e. The molecule has 142 valence electrons. The van der Waals surface area contributed by atoms with E-state index in [4.69, 9.17) is 9.47 Å². The molecular formula is C19H21N3O5. The lowest BCUT2D eigenvalue weighted by molar-refractivity contribution is -0.385. The summed E-state index contributed by atoms with van der Waals surface area (Å²) in [4.78, 5) is 23.3. The monoisotopic (exact) mass is 371 g/mol. The quantitative estimate of drug-likeness (QED) is 0.596. The normalized spacial score (nSPS) is 15.6. The van der Waals surface area contributed by atoms with Crippen LogP contribution in [0.5, 0.6) is 11.5 Å². The number of nitrogens with zero attached hydrogens (tertiary/aromatic N) is 1. The highest BCUT2D eigenvalue weighted by molar-refractivity contribution is 5.96. The molecule has 1 unspecified atom stereocenters. The van der Waals surface area contributed by atoms with E-state index in [1.165, 1.54) is 31.9 Å². The van der Waals surface area contributed by atoms with Crippen molar-refractivity contribution in [3.8, 4) is 11.5 Å². The van der Waals surface area contributed by atoms with Gasteiger partial charge in [0.2, 0.25) is 5.75 Å². The maximum atomic E-state index is 12.6. The van der Waals surface area contributed by atoms with Crippen LogP contribution >= 0.6 is 0 Å². The van der Waals surface area contributed by atoms with Gasteiger partial charge in [-0.05, 0) is 30.2 Å². The van der Waals surface area contributed by atoms with Crippen LogP contribution in [-0.4, -0.2) is 38.1 Å².